The third kappa shape index (κ3) is 2.73. The fourth-order valence-corrected chi connectivity index (χ4v) is 2.63. The first kappa shape index (κ1) is 13.9. The number of likely N-dealkylation sites (N-methyl/N-ethyl adjacent to an activating group) is 1. The molecule has 104 valence electrons. The third-order valence-electron chi connectivity index (χ3n) is 3.85. The van der Waals surface area contributed by atoms with E-state index in [4.69, 9.17) is 5.73 Å². The minimum atomic E-state index is -0.391. The summed E-state index contributed by atoms with van der Waals surface area (Å²) in [5, 5.41) is 0. The van der Waals surface area contributed by atoms with Gasteiger partial charge in [0.25, 0.3) is 0 Å². The van der Waals surface area contributed by atoms with Crippen LogP contribution in [0.5, 0.6) is 0 Å². The van der Waals surface area contributed by atoms with Crippen LogP contribution in [0.15, 0.2) is 24.3 Å². The number of benzene rings is 1. The lowest BCUT2D eigenvalue weighted by Crippen LogP contribution is -2.48. The number of rotatable bonds is 2. The molecule has 2 atom stereocenters. The van der Waals surface area contributed by atoms with Crippen molar-refractivity contribution in [3.8, 4) is 0 Å². The number of amides is 1. The largest absolute Gasteiger partial charge is 0.372 e. The average molecular weight is 261 g/mol. The number of hydrogen-bond donors (Lipinski definition) is 1. The van der Waals surface area contributed by atoms with Crippen LogP contribution in [-0.2, 0) is 11.3 Å². The van der Waals surface area contributed by atoms with Crippen molar-refractivity contribution in [1.29, 1.82) is 0 Å². The van der Waals surface area contributed by atoms with Crippen LogP contribution >= 0.6 is 0 Å². The van der Waals surface area contributed by atoms with Gasteiger partial charge in [0.05, 0.1) is 6.04 Å². The lowest BCUT2D eigenvalue weighted by Gasteiger charge is -2.30. The zero-order chi connectivity index (χ0) is 14.0. The van der Waals surface area contributed by atoms with Gasteiger partial charge in [0.1, 0.15) is 0 Å². The molecule has 1 aromatic rings. The van der Waals surface area contributed by atoms with E-state index in [1.807, 2.05) is 24.0 Å². The highest BCUT2D eigenvalue weighted by atomic mass is 16.2. The van der Waals surface area contributed by atoms with E-state index in [0.29, 0.717) is 13.0 Å². The van der Waals surface area contributed by atoms with Crippen molar-refractivity contribution < 1.29 is 4.79 Å². The number of carbonyl (C=O) groups is 1. The number of carbonyl (C=O) groups excluding carboxylic acids is 1. The fourth-order valence-electron chi connectivity index (χ4n) is 2.63. The van der Waals surface area contributed by atoms with Crippen molar-refractivity contribution in [1.82, 2.24) is 4.90 Å². The monoisotopic (exact) mass is 261 g/mol. The van der Waals surface area contributed by atoms with Gasteiger partial charge in [-0.1, -0.05) is 25.1 Å². The molecule has 0 aromatic heterocycles. The molecule has 4 heteroatoms. The van der Waals surface area contributed by atoms with E-state index in [9.17, 15) is 4.79 Å². The highest BCUT2D eigenvalue weighted by Gasteiger charge is 2.28. The predicted octanol–water partition coefficient (Wildman–Crippen LogP) is 1.59. The molecule has 1 aliphatic heterocycles. The Hall–Kier alpha value is -1.55. The van der Waals surface area contributed by atoms with Gasteiger partial charge in [0, 0.05) is 31.9 Å². The van der Waals surface area contributed by atoms with Gasteiger partial charge in [0.2, 0.25) is 5.91 Å². The third-order valence-corrected chi connectivity index (χ3v) is 3.85. The van der Waals surface area contributed by atoms with Crippen LogP contribution in [0.25, 0.3) is 0 Å². The van der Waals surface area contributed by atoms with Gasteiger partial charge in [-0.25, -0.2) is 0 Å². The SMILES string of the molecule is CC[C@H](N)C(=O)N1Cc2ccccc2N(C)CC1C. The van der Waals surface area contributed by atoms with E-state index in [0.717, 1.165) is 6.54 Å². The van der Waals surface area contributed by atoms with E-state index in [2.05, 4.69) is 31.0 Å². The van der Waals surface area contributed by atoms with Gasteiger partial charge in [-0.3, -0.25) is 4.79 Å². The molecule has 0 radical (unpaired) electrons. The molecule has 1 aliphatic rings. The van der Waals surface area contributed by atoms with Gasteiger partial charge < -0.3 is 15.5 Å². The predicted molar refractivity (Wildman–Crippen MR) is 78.0 cm³/mol. The molecule has 2 rings (SSSR count). The molecular formula is C15H23N3O. The topological polar surface area (TPSA) is 49.6 Å². The molecule has 1 amide bonds. The number of fused-ring (bicyclic) bond motifs is 1. The maximum Gasteiger partial charge on any atom is 0.240 e. The van der Waals surface area contributed by atoms with Crippen LogP contribution in [0, 0.1) is 0 Å². The fraction of sp³-hybridized carbons (Fsp3) is 0.533. The Balaban J connectivity index is 2.30. The lowest BCUT2D eigenvalue weighted by atomic mass is 10.1. The molecule has 4 nitrogen and oxygen atoms in total. The first-order valence-corrected chi connectivity index (χ1v) is 6.89. The van der Waals surface area contributed by atoms with E-state index in [1.54, 1.807) is 0 Å². The van der Waals surface area contributed by atoms with E-state index in [-0.39, 0.29) is 11.9 Å². The first-order valence-electron chi connectivity index (χ1n) is 6.89. The summed E-state index contributed by atoms with van der Waals surface area (Å²) in [5.41, 5.74) is 8.30. The molecular weight excluding hydrogens is 238 g/mol. The van der Waals surface area contributed by atoms with Crippen molar-refractivity contribution in [2.24, 2.45) is 5.73 Å². The molecule has 0 saturated heterocycles. The Morgan fingerprint density at radius 1 is 1.47 bits per heavy atom. The van der Waals surface area contributed by atoms with Crippen LogP contribution in [-0.4, -0.2) is 36.5 Å². The standard InChI is InChI=1S/C15H23N3O/c1-4-13(16)15(19)18-10-12-7-5-6-8-14(12)17(3)9-11(18)2/h5-8,11,13H,4,9-10,16H2,1-3H3/t11?,13-/m0/s1. The highest BCUT2D eigenvalue weighted by molar-refractivity contribution is 5.82. The molecule has 1 heterocycles. The number of hydrogen-bond acceptors (Lipinski definition) is 3. The van der Waals surface area contributed by atoms with Gasteiger partial charge in [-0.15, -0.1) is 0 Å². The van der Waals surface area contributed by atoms with Crippen LogP contribution in [0.2, 0.25) is 0 Å². The summed E-state index contributed by atoms with van der Waals surface area (Å²) in [6, 6.07) is 8.03. The summed E-state index contributed by atoms with van der Waals surface area (Å²) in [6.45, 7) is 5.52. The van der Waals surface area contributed by atoms with Gasteiger partial charge in [-0.2, -0.15) is 0 Å². The van der Waals surface area contributed by atoms with E-state index < -0.39 is 6.04 Å². The zero-order valence-electron chi connectivity index (χ0n) is 12.0. The second kappa shape index (κ2) is 5.61. The second-order valence-corrected chi connectivity index (χ2v) is 5.34. The number of nitrogens with zero attached hydrogens (tertiary/aromatic N) is 2. The van der Waals surface area contributed by atoms with Crippen molar-refractivity contribution >= 4 is 11.6 Å². The molecule has 19 heavy (non-hydrogen) atoms. The summed E-state index contributed by atoms with van der Waals surface area (Å²) in [7, 11) is 2.07. The smallest absolute Gasteiger partial charge is 0.240 e. The maximum absolute atomic E-state index is 12.4. The van der Waals surface area contributed by atoms with Crippen LogP contribution in [0.3, 0.4) is 0 Å². The molecule has 0 spiro atoms. The Bertz CT molecular complexity index is 460. The Kier molecular flexibility index (Phi) is 4.10. The van der Waals surface area contributed by atoms with Crippen LogP contribution in [0.1, 0.15) is 25.8 Å². The minimum absolute atomic E-state index is 0.0557. The maximum atomic E-state index is 12.4. The van der Waals surface area contributed by atoms with Crippen LogP contribution < -0.4 is 10.6 Å². The second-order valence-electron chi connectivity index (χ2n) is 5.34. The molecule has 1 aromatic carbocycles. The molecule has 0 saturated carbocycles. The minimum Gasteiger partial charge on any atom is -0.372 e. The molecule has 0 aliphatic carbocycles. The van der Waals surface area contributed by atoms with Gasteiger partial charge in [-0.05, 0) is 25.0 Å². The Morgan fingerprint density at radius 2 is 2.16 bits per heavy atom. The zero-order valence-corrected chi connectivity index (χ0v) is 12.0. The quantitative estimate of drug-likeness (QED) is 0.879. The summed E-state index contributed by atoms with van der Waals surface area (Å²) in [4.78, 5) is 16.5. The molecule has 0 bridgehead atoms. The van der Waals surface area contributed by atoms with Crippen molar-refractivity contribution in [3.63, 3.8) is 0 Å². The highest BCUT2D eigenvalue weighted by Crippen LogP contribution is 2.26. The molecule has 1 unspecified atom stereocenters. The number of anilines is 1. The summed E-state index contributed by atoms with van der Waals surface area (Å²) in [6.07, 6.45) is 0.680. The number of para-hydroxylation sites is 1. The van der Waals surface area contributed by atoms with E-state index >= 15 is 0 Å². The Labute approximate surface area is 115 Å². The van der Waals surface area contributed by atoms with Gasteiger partial charge in [0.15, 0.2) is 0 Å². The normalized spacial score (nSPS) is 20.7. The molecule has 2 N–H and O–H groups in total. The molecule has 0 fully saturated rings. The Morgan fingerprint density at radius 3 is 2.84 bits per heavy atom. The van der Waals surface area contributed by atoms with Crippen LogP contribution in [0.4, 0.5) is 5.69 Å². The summed E-state index contributed by atoms with van der Waals surface area (Å²) in [5.74, 6) is 0.0557. The van der Waals surface area contributed by atoms with E-state index in [1.165, 1.54) is 11.3 Å². The van der Waals surface area contributed by atoms with Crippen molar-refractivity contribution in [2.45, 2.75) is 38.9 Å². The first-order chi connectivity index (χ1) is 9.04. The summed E-state index contributed by atoms with van der Waals surface area (Å²) < 4.78 is 0. The summed E-state index contributed by atoms with van der Waals surface area (Å²) >= 11 is 0. The average Bonchev–Trinajstić information content (AvgIpc) is 2.54. The van der Waals surface area contributed by atoms with Gasteiger partial charge >= 0.3 is 0 Å². The lowest BCUT2D eigenvalue weighted by molar-refractivity contribution is -0.135. The van der Waals surface area contributed by atoms with Crippen molar-refractivity contribution in [2.75, 3.05) is 18.5 Å². The van der Waals surface area contributed by atoms with Crippen molar-refractivity contribution in [3.05, 3.63) is 29.8 Å². The number of nitrogens with two attached hydrogens (primary N) is 1.